The lowest BCUT2D eigenvalue weighted by Crippen LogP contribution is -2.52. The summed E-state index contributed by atoms with van der Waals surface area (Å²) in [5.74, 6) is -1.54. The van der Waals surface area contributed by atoms with Crippen molar-refractivity contribution in [3.05, 3.63) is 0 Å². The zero-order chi connectivity index (χ0) is 12.9. The molecule has 0 aromatic rings. The Kier molecular flexibility index (Phi) is 6.03. The Hall–Kier alpha value is -1.10. The highest BCUT2D eigenvalue weighted by molar-refractivity contribution is 5.87. The summed E-state index contributed by atoms with van der Waals surface area (Å²) in [5, 5.41) is 11.4. The van der Waals surface area contributed by atoms with Gasteiger partial charge in [0.05, 0.1) is 6.04 Å². The number of nitrogens with two attached hydrogens (primary N) is 1. The van der Waals surface area contributed by atoms with Crippen LogP contribution in [0, 0.1) is 11.8 Å². The van der Waals surface area contributed by atoms with Gasteiger partial charge in [-0.2, -0.15) is 0 Å². The van der Waals surface area contributed by atoms with Crippen molar-refractivity contribution in [2.45, 2.75) is 46.2 Å². The lowest BCUT2D eigenvalue weighted by Gasteiger charge is -2.23. The third kappa shape index (κ3) is 4.18. The van der Waals surface area contributed by atoms with Crippen molar-refractivity contribution in [1.82, 2.24) is 5.32 Å². The number of rotatable bonds is 6. The summed E-state index contributed by atoms with van der Waals surface area (Å²) in [6.07, 6.45) is 0.786. The second-order valence-electron chi connectivity index (χ2n) is 4.48. The number of hydrogen-bond acceptors (Lipinski definition) is 3. The van der Waals surface area contributed by atoms with Crippen molar-refractivity contribution in [3.63, 3.8) is 0 Å². The third-order valence-electron chi connectivity index (χ3n) is 2.79. The molecule has 0 heterocycles. The standard InChI is InChI=1S/C11H22N2O3/c1-5-7(4)8(12)10(14)13-9(6(2)3)11(15)16/h6-9H,5,12H2,1-4H3,(H,13,14)(H,15,16)/t7?,8-,9-/m1/s1. The van der Waals surface area contributed by atoms with Crippen molar-refractivity contribution in [2.75, 3.05) is 0 Å². The first kappa shape index (κ1) is 14.9. The second-order valence-corrected chi connectivity index (χ2v) is 4.48. The summed E-state index contributed by atoms with van der Waals surface area (Å²) >= 11 is 0. The molecule has 5 heteroatoms. The minimum Gasteiger partial charge on any atom is -0.480 e. The Morgan fingerprint density at radius 1 is 1.31 bits per heavy atom. The van der Waals surface area contributed by atoms with Crippen LogP contribution in [0.15, 0.2) is 0 Å². The summed E-state index contributed by atoms with van der Waals surface area (Å²) in [5.41, 5.74) is 5.71. The summed E-state index contributed by atoms with van der Waals surface area (Å²) < 4.78 is 0. The first-order valence-corrected chi connectivity index (χ1v) is 5.60. The van der Waals surface area contributed by atoms with E-state index in [2.05, 4.69) is 5.32 Å². The maximum Gasteiger partial charge on any atom is 0.326 e. The van der Waals surface area contributed by atoms with Gasteiger partial charge in [0.15, 0.2) is 0 Å². The molecule has 3 atom stereocenters. The molecule has 0 fully saturated rings. The van der Waals surface area contributed by atoms with Crippen LogP contribution in [-0.4, -0.2) is 29.1 Å². The van der Waals surface area contributed by atoms with E-state index in [4.69, 9.17) is 10.8 Å². The highest BCUT2D eigenvalue weighted by Crippen LogP contribution is 2.07. The van der Waals surface area contributed by atoms with Crippen LogP contribution >= 0.6 is 0 Å². The van der Waals surface area contributed by atoms with Crippen molar-refractivity contribution < 1.29 is 14.7 Å². The number of aliphatic carboxylic acids is 1. The lowest BCUT2D eigenvalue weighted by molar-refractivity contribution is -0.143. The first-order chi connectivity index (χ1) is 7.31. The van der Waals surface area contributed by atoms with Crippen molar-refractivity contribution in [1.29, 1.82) is 0 Å². The predicted octanol–water partition coefficient (Wildman–Crippen LogP) is 0.585. The van der Waals surface area contributed by atoms with Crippen LogP contribution in [0.2, 0.25) is 0 Å². The first-order valence-electron chi connectivity index (χ1n) is 5.60. The molecule has 0 rings (SSSR count). The molecule has 1 unspecified atom stereocenters. The zero-order valence-electron chi connectivity index (χ0n) is 10.4. The molecule has 0 bridgehead atoms. The van der Waals surface area contributed by atoms with Crippen LogP contribution in [0.25, 0.3) is 0 Å². The molecule has 0 aromatic heterocycles. The van der Waals surface area contributed by atoms with Gasteiger partial charge in [-0.15, -0.1) is 0 Å². The van der Waals surface area contributed by atoms with Crippen LogP contribution < -0.4 is 11.1 Å². The predicted molar refractivity (Wildman–Crippen MR) is 61.8 cm³/mol. The number of nitrogens with one attached hydrogen (secondary N) is 1. The molecule has 0 saturated heterocycles. The van der Waals surface area contributed by atoms with Gasteiger partial charge in [0.25, 0.3) is 0 Å². The number of carboxylic acids is 1. The van der Waals surface area contributed by atoms with E-state index in [1.807, 2.05) is 13.8 Å². The van der Waals surface area contributed by atoms with Crippen LogP contribution in [-0.2, 0) is 9.59 Å². The molecule has 0 aliphatic carbocycles. The smallest absolute Gasteiger partial charge is 0.326 e. The van der Waals surface area contributed by atoms with Crippen LogP contribution in [0.3, 0.4) is 0 Å². The number of carbonyl (C=O) groups excluding carboxylic acids is 1. The van der Waals surface area contributed by atoms with Gasteiger partial charge in [-0.1, -0.05) is 34.1 Å². The average molecular weight is 230 g/mol. The molecule has 0 aliphatic rings. The van der Waals surface area contributed by atoms with Crippen molar-refractivity contribution in [2.24, 2.45) is 17.6 Å². The Bertz CT molecular complexity index is 254. The van der Waals surface area contributed by atoms with Crippen molar-refractivity contribution in [3.8, 4) is 0 Å². The summed E-state index contributed by atoms with van der Waals surface area (Å²) in [7, 11) is 0. The maximum absolute atomic E-state index is 11.7. The van der Waals surface area contributed by atoms with E-state index < -0.39 is 24.0 Å². The molecule has 5 nitrogen and oxygen atoms in total. The van der Waals surface area contributed by atoms with E-state index in [9.17, 15) is 9.59 Å². The maximum atomic E-state index is 11.7. The number of amides is 1. The molecular formula is C11H22N2O3. The number of carboxylic acid groups (broad SMARTS) is 1. The molecule has 94 valence electrons. The zero-order valence-corrected chi connectivity index (χ0v) is 10.4. The van der Waals surface area contributed by atoms with E-state index in [-0.39, 0.29) is 11.8 Å². The molecule has 4 N–H and O–H groups in total. The fourth-order valence-corrected chi connectivity index (χ4v) is 1.28. The van der Waals surface area contributed by atoms with Gasteiger partial charge in [-0.25, -0.2) is 4.79 Å². The minimum absolute atomic E-state index is 0.0432. The SMILES string of the molecule is CCC(C)[C@@H](N)C(=O)N[C@@H](C(=O)O)C(C)C. The van der Waals surface area contributed by atoms with Gasteiger partial charge in [-0.3, -0.25) is 4.79 Å². The second kappa shape index (κ2) is 6.48. The van der Waals surface area contributed by atoms with Crippen LogP contribution in [0.4, 0.5) is 0 Å². The normalized spacial score (nSPS) is 16.6. The Morgan fingerprint density at radius 3 is 2.12 bits per heavy atom. The molecular weight excluding hydrogens is 208 g/mol. The molecule has 1 amide bonds. The van der Waals surface area contributed by atoms with Gasteiger partial charge < -0.3 is 16.2 Å². The molecule has 0 radical (unpaired) electrons. The Morgan fingerprint density at radius 2 is 1.81 bits per heavy atom. The van der Waals surface area contributed by atoms with Crippen molar-refractivity contribution >= 4 is 11.9 Å². The van der Waals surface area contributed by atoms with Gasteiger partial charge in [0.2, 0.25) is 5.91 Å². The highest BCUT2D eigenvalue weighted by atomic mass is 16.4. The van der Waals surface area contributed by atoms with Gasteiger partial charge in [-0.05, 0) is 11.8 Å². The highest BCUT2D eigenvalue weighted by Gasteiger charge is 2.27. The quantitative estimate of drug-likeness (QED) is 0.622. The third-order valence-corrected chi connectivity index (χ3v) is 2.79. The van der Waals surface area contributed by atoms with E-state index in [1.54, 1.807) is 13.8 Å². The summed E-state index contributed by atoms with van der Waals surface area (Å²) in [6, 6.07) is -1.52. The molecule has 0 aromatic carbocycles. The molecule has 0 aliphatic heterocycles. The summed E-state index contributed by atoms with van der Waals surface area (Å²) in [4.78, 5) is 22.5. The van der Waals surface area contributed by atoms with E-state index in [0.29, 0.717) is 0 Å². The van der Waals surface area contributed by atoms with Gasteiger partial charge >= 0.3 is 5.97 Å². The summed E-state index contributed by atoms with van der Waals surface area (Å²) in [6.45, 7) is 7.30. The Labute approximate surface area is 96.4 Å². The minimum atomic E-state index is -1.03. The fraction of sp³-hybridized carbons (Fsp3) is 0.818. The number of hydrogen-bond donors (Lipinski definition) is 3. The van der Waals surface area contributed by atoms with E-state index >= 15 is 0 Å². The topological polar surface area (TPSA) is 92.4 Å². The monoisotopic (exact) mass is 230 g/mol. The van der Waals surface area contributed by atoms with Crippen LogP contribution in [0.5, 0.6) is 0 Å². The Balaban J connectivity index is 4.46. The lowest BCUT2D eigenvalue weighted by atomic mass is 9.98. The van der Waals surface area contributed by atoms with E-state index in [0.717, 1.165) is 6.42 Å². The molecule has 16 heavy (non-hydrogen) atoms. The molecule has 0 saturated carbocycles. The van der Waals surface area contributed by atoms with Gasteiger partial charge in [0.1, 0.15) is 6.04 Å². The van der Waals surface area contributed by atoms with Gasteiger partial charge in [0, 0.05) is 0 Å². The van der Waals surface area contributed by atoms with Crippen LogP contribution in [0.1, 0.15) is 34.1 Å². The molecule has 0 spiro atoms. The largest absolute Gasteiger partial charge is 0.480 e. The average Bonchev–Trinajstić information content (AvgIpc) is 2.22. The van der Waals surface area contributed by atoms with E-state index in [1.165, 1.54) is 0 Å². The fourth-order valence-electron chi connectivity index (χ4n) is 1.28. The number of carbonyl (C=O) groups is 2.